The normalized spacial score (nSPS) is 12.3. The van der Waals surface area contributed by atoms with Gasteiger partial charge in [0.2, 0.25) is 0 Å². The Morgan fingerprint density at radius 2 is 1.93 bits per heavy atom. The number of benzene rings is 1. The van der Waals surface area contributed by atoms with Gasteiger partial charge in [-0.1, -0.05) is 25.5 Å². The summed E-state index contributed by atoms with van der Waals surface area (Å²) in [7, 11) is 4.15. The van der Waals surface area contributed by atoms with Gasteiger partial charge in [0.25, 0.3) is 0 Å². The van der Waals surface area contributed by atoms with Gasteiger partial charge in [-0.05, 0) is 25.5 Å². The molecule has 0 aliphatic rings. The van der Waals surface area contributed by atoms with E-state index in [0.29, 0.717) is 6.04 Å². The highest BCUT2D eigenvalue weighted by molar-refractivity contribution is 5.69. The number of nitrogens with zero attached hydrogens (tertiary/aromatic N) is 1. The van der Waals surface area contributed by atoms with Crippen molar-refractivity contribution in [2.24, 2.45) is 0 Å². The quantitative estimate of drug-likeness (QED) is 0.794. The van der Waals surface area contributed by atoms with Gasteiger partial charge in [0.15, 0.2) is 0 Å². The number of hydrogen-bond donors (Lipinski definition) is 1. The lowest BCUT2D eigenvalue weighted by Crippen LogP contribution is -2.18. The lowest BCUT2D eigenvalue weighted by Gasteiger charge is -2.21. The Morgan fingerprint density at radius 1 is 1.27 bits per heavy atom. The van der Waals surface area contributed by atoms with Crippen LogP contribution in [0.15, 0.2) is 24.3 Å². The SMILES string of the molecule is CCCC(C)Nc1ccccc1N(C)C. The summed E-state index contributed by atoms with van der Waals surface area (Å²) in [6.45, 7) is 4.45. The van der Waals surface area contributed by atoms with Gasteiger partial charge in [0.05, 0.1) is 11.4 Å². The zero-order valence-electron chi connectivity index (χ0n) is 10.2. The van der Waals surface area contributed by atoms with Crippen molar-refractivity contribution < 1.29 is 0 Å². The maximum absolute atomic E-state index is 3.55. The van der Waals surface area contributed by atoms with E-state index in [-0.39, 0.29) is 0 Å². The molecule has 0 fully saturated rings. The van der Waals surface area contributed by atoms with Crippen molar-refractivity contribution in [2.75, 3.05) is 24.3 Å². The molecule has 2 nitrogen and oxygen atoms in total. The minimum atomic E-state index is 0.538. The van der Waals surface area contributed by atoms with Crippen LogP contribution in [0.3, 0.4) is 0 Å². The van der Waals surface area contributed by atoms with Gasteiger partial charge in [-0.3, -0.25) is 0 Å². The molecule has 84 valence electrons. The Kier molecular flexibility index (Phi) is 4.47. The fourth-order valence-electron chi connectivity index (χ4n) is 1.76. The second-order valence-electron chi connectivity index (χ2n) is 4.25. The van der Waals surface area contributed by atoms with Crippen LogP contribution in [-0.2, 0) is 0 Å². The number of nitrogens with one attached hydrogen (secondary N) is 1. The Bertz CT molecular complexity index is 294. The molecule has 0 saturated carbocycles. The maximum Gasteiger partial charge on any atom is 0.0596 e. The standard InChI is InChI=1S/C13H22N2/c1-5-8-11(2)14-12-9-6-7-10-13(12)15(3)4/h6-7,9-11,14H,5,8H2,1-4H3. The van der Waals surface area contributed by atoms with E-state index < -0.39 is 0 Å². The molecule has 0 aromatic heterocycles. The molecule has 1 aromatic rings. The van der Waals surface area contributed by atoms with Crippen LogP contribution in [0.25, 0.3) is 0 Å². The largest absolute Gasteiger partial charge is 0.381 e. The molecular formula is C13H22N2. The zero-order valence-corrected chi connectivity index (χ0v) is 10.2. The minimum absolute atomic E-state index is 0.538. The van der Waals surface area contributed by atoms with Crippen LogP contribution in [0, 0.1) is 0 Å². The third-order valence-corrected chi connectivity index (χ3v) is 2.51. The summed E-state index contributed by atoms with van der Waals surface area (Å²) in [5.41, 5.74) is 2.48. The van der Waals surface area contributed by atoms with Gasteiger partial charge in [-0.25, -0.2) is 0 Å². The number of rotatable bonds is 5. The van der Waals surface area contributed by atoms with Crippen LogP contribution in [-0.4, -0.2) is 20.1 Å². The fraction of sp³-hybridized carbons (Fsp3) is 0.538. The maximum atomic E-state index is 3.55. The van der Waals surface area contributed by atoms with E-state index in [0.717, 1.165) is 0 Å². The molecule has 1 rings (SSSR count). The van der Waals surface area contributed by atoms with Crippen LogP contribution < -0.4 is 10.2 Å². The Hall–Kier alpha value is -1.18. The monoisotopic (exact) mass is 206 g/mol. The van der Waals surface area contributed by atoms with E-state index in [1.165, 1.54) is 24.2 Å². The van der Waals surface area contributed by atoms with Crippen LogP contribution in [0.4, 0.5) is 11.4 Å². The molecule has 2 heteroatoms. The molecule has 1 unspecified atom stereocenters. The van der Waals surface area contributed by atoms with E-state index in [2.05, 4.69) is 62.4 Å². The van der Waals surface area contributed by atoms with Crippen LogP contribution >= 0.6 is 0 Å². The first-order valence-electron chi connectivity index (χ1n) is 5.68. The summed E-state index contributed by atoms with van der Waals surface area (Å²) in [6.07, 6.45) is 2.43. The Balaban J connectivity index is 2.75. The molecule has 1 aromatic carbocycles. The average Bonchev–Trinajstić information content (AvgIpc) is 2.18. The van der Waals surface area contributed by atoms with Crippen molar-refractivity contribution in [3.05, 3.63) is 24.3 Å². The number of para-hydroxylation sites is 2. The lowest BCUT2D eigenvalue weighted by atomic mass is 10.1. The highest BCUT2D eigenvalue weighted by atomic mass is 15.1. The lowest BCUT2D eigenvalue weighted by molar-refractivity contribution is 0.690. The Morgan fingerprint density at radius 3 is 2.53 bits per heavy atom. The van der Waals surface area contributed by atoms with Crippen molar-refractivity contribution in [3.8, 4) is 0 Å². The molecule has 0 amide bonds. The Labute approximate surface area is 93.3 Å². The third-order valence-electron chi connectivity index (χ3n) is 2.51. The summed E-state index contributed by atoms with van der Waals surface area (Å²) >= 11 is 0. The van der Waals surface area contributed by atoms with Crippen molar-refractivity contribution in [2.45, 2.75) is 32.7 Å². The molecule has 1 N–H and O–H groups in total. The van der Waals surface area contributed by atoms with Crippen molar-refractivity contribution in [3.63, 3.8) is 0 Å². The molecule has 1 atom stereocenters. The zero-order chi connectivity index (χ0) is 11.3. The minimum Gasteiger partial charge on any atom is -0.381 e. The van der Waals surface area contributed by atoms with Gasteiger partial charge in [0, 0.05) is 20.1 Å². The molecule has 0 spiro atoms. The first-order valence-corrected chi connectivity index (χ1v) is 5.68. The smallest absolute Gasteiger partial charge is 0.0596 e. The van der Waals surface area contributed by atoms with Gasteiger partial charge in [-0.2, -0.15) is 0 Å². The molecule has 0 bridgehead atoms. The summed E-state index contributed by atoms with van der Waals surface area (Å²) in [6, 6.07) is 8.97. The van der Waals surface area contributed by atoms with Crippen LogP contribution in [0.1, 0.15) is 26.7 Å². The van der Waals surface area contributed by atoms with Crippen LogP contribution in [0.2, 0.25) is 0 Å². The summed E-state index contributed by atoms with van der Waals surface area (Å²) in [4.78, 5) is 2.14. The van der Waals surface area contributed by atoms with E-state index in [1.54, 1.807) is 0 Å². The summed E-state index contributed by atoms with van der Waals surface area (Å²) in [5.74, 6) is 0. The van der Waals surface area contributed by atoms with E-state index in [1.807, 2.05) is 0 Å². The van der Waals surface area contributed by atoms with Crippen LogP contribution in [0.5, 0.6) is 0 Å². The second-order valence-corrected chi connectivity index (χ2v) is 4.25. The van der Waals surface area contributed by atoms with E-state index >= 15 is 0 Å². The van der Waals surface area contributed by atoms with Gasteiger partial charge in [0.1, 0.15) is 0 Å². The van der Waals surface area contributed by atoms with E-state index in [4.69, 9.17) is 0 Å². The second kappa shape index (κ2) is 5.64. The first-order chi connectivity index (χ1) is 7.15. The third kappa shape index (κ3) is 3.46. The molecule has 0 aliphatic heterocycles. The predicted octanol–water partition coefficient (Wildman–Crippen LogP) is 3.35. The van der Waals surface area contributed by atoms with Crippen molar-refractivity contribution >= 4 is 11.4 Å². The van der Waals surface area contributed by atoms with Gasteiger partial charge >= 0.3 is 0 Å². The highest BCUT2D eigenvalue weighted by Gasteiger charge is 2.05. The molecule has 0 heterocycles. The van der Waals surface area contributed by atoms with Gasteiger partial charge in [-0.15, -0.1) is 0 Å². The van der Waals surface area contributed by atoms with Crippen molar-refractivity contribution in [1.82, 2.24) is 0 Å². The number of anilines is 2. The molecule has 15 heavy (non-hydrogen) atoms. The predicted molar refractivity (Wildman–Crippen MR) is 68.8 cm³/mol. The molecule has 0 aliphatic carbocycles. The van der Waals surface area contributed by atoms with E-state index in [9.17, 15) is 0 Å². The summed E-state index contributed by atoms with van der Waals surface area (Å²) in [5, 5.41) is 3.55. The highest BCUT2D eigenvalue weighted by Crippen LogP contribution is 2.24. The van der Waals surface area contributed by atoms with Crippen molar-refractivity contribution in [1.29, 1.82) is 0 Å². The molecule has 0 saturated heterocycles. The van der Waals surface area contributed by atoms with Gasteiger partial charge < -0.3 is 10.2 Å². The number of hydrogen-bond acceptors (Lipinski definition) is 2. The topological polar surface area (TPSA) is 15.3 Å². The molecular weight excluding hydrogens is 184 g/mol. The molecule has 0 radical (unpaired) electrons. The average molecular weight is 206 g/mol. The fourth-order valence-corrected chi connectivity index (χ4v) is 1.76. The first kappa shape index (κ1) is 11.9. The summed E-state index contributed by atoms with van der Waals surface area (Å²) < 4.78 is 0.